The number of hydrogen-bond acceptors (Lipinski definition) is 2. The van der Waals surface area contributed by atoms with Crippen LogP contribution in [0.3, 0.4) is 0 Å². The zero-order chi connectivity index (χ0) is 11.5. The van der Waals surface area contributed by atoms with E-state index in [0.717, 1.165) is 11.3 Å². The Morgan fingerprint density at radius 1 is 1.25 bits per heavy atom. The molecule has 2 rings (SSSR count). The molecule has 0 amide bonds. The number of nitrogens with one attached hydrogen (secondary N) is 1. The highest BCUT2D eigenvalue weighted by Gasteiger charge is 2.09. The summed E-state index contributed by atoms with van der Waals surface area (Å²) < 4.78 is 0. The number of imidazole rings is 1. The molecule has 0 spiro atoms. The number of aromatic nitrogens is 2. The Bertz CT molecular complexity index is 448. The SMILES string of the molecule is NC(Cc1cnc[nH]1)c1cc(Cl)cc(Cl)c1. The minimum Gasteiger partial charge on any atom is -0.348 e. The molecule has 0 aliphatic heterocycles. The van der Waals surface area contributed by atoms with E-state index in [1.54, 1.807) is 18.6 Å². The molecule has 0 fully saturated rings. The topological polar surface area (TPSA) is 54.7 Å². The van der Waals surface area contributed by atoms with Gasteiger partial charge in [-0.1, -0.05) is 23.2 Å². The molecule has 0 saturated carbocycles. The molecule has 0 radical (unpaired) electrons. The van der Waals surface area contributed by atoms with Gasteiger partial charge in [-0.3, -0.25) is 0 Å². The first-order chi connectivity index (χ1) is 7.65. The van der Waals surface area contributed by atoms with Crippen LogP contribution >= 0.6 is 23.2 Å². The second kappa shape index (κ2) is 4.87. The average Bonchev–Trinajstić information content (AvgIpc) is 2.68. The van der Waals surface area contributed by atoms with Gasteiger partial charge in [-0.2, -0.15) is 0 Å². The maximum absolute atomic E-state index is 6.06. The predicted octanol–water partition coefficient (Wildman–Crippen LogP) is 2.96. The van der Waals surface area contributed by atoms with Crippen LogP contribution in [0, 0.1) is 0 Å². The van der Waals surface area contributed by atoms with Gasteiger partial charge in [-0.15, -0.1) is 0 Å². The van der Waals surface area contributed by atoms with Crippen LogP contribution in [0.1, 0.15) is 17.3 Å². The van der Waals surface area contributed by atoms with Crippen molar-refractivity contribution in [1.29, 1.82) is 0 Å². The van der Waals surface area contributed by atoms with Gasteiger partial charge >= 0.3 is 0 Å². The summed E-state index contributed by atoms with van der Waals surface area (Å²) >= 11 is 11.8. The molecule has 2 aromatic rings. The minimum atomic E-state index is -0.142. The summed E-state index contributed by atoms with van der Waals surface area (Å²) in [5.74, 6) is 0. The monoisotopic (exact) mass is 255 g/mol. The zero-order valence-electron chi connectivity index (χ0n) is 8.45. The van der Waals surface area contributed by atoms with E-state index >= 15 is 0 Å². The number of rotatable bonds is 3. The van der Waals surface area contributed by atoms with Crippen LogP contribution in [0.15, 0.2) is 30.7 Å². The number of benzene rings is 1. The van der Waals surface area contributed by atoms with E-state index in [0.29, 0.717) is 16.5 Å². The number of aromatic amines is 1. The third kappa shape index (κ3) is 2.76. The molecule has 1 atom stereocenters. The zero-order valence-corrected chi connectivity index (χ0v) is 9.96. The van der Waals surface area contributed by atoms with Gasteiger partial charge in [0.05, 0.1) is 6.33 Å². The summed E-state index contributed by atoms with van der Waals surface area (Å²) in [6, 6.07) is 5.20. The van der Waals surface area contributed by atoms with Crippen LogP contribution in [0.4, 0.5) is 0 Å². The Hall–Kier alpha value is -1.03. The molecule has 0 bridgehead atoms. The average molecular weight is 256 g/mol. The fourth-order valence-corrected chi connectivity index (χ4v) is 2.08. The number of halogens is 2. The number of nitrogens with zero attached hydrogens (tertiary/aromatic N) is 1. The van der Waals surface area contributed by atoms with Crippen molar-refractivity contribution in [1.82, 2.24) is 9.97 Å². The molecule has 16 heavy (non-hydrogen) atoms. The van der Waals surface area contributed by atoms with Crippen LogP contribution in [0.2, 0.25) is 10.0 Å². The molecule has 1 unspecified atom stereocenters. The van der Waals surface area contributed by atoms with Gasteiger partial charge in [-0.05, 0) is 23.8 Å². The summed E-state index contributed by atoms with van der Waals surface area (Å²) in [5, 5.41) is 1.20. The van der Waals surface area contributed by atoms with Crippen LogP contribution in [0.5, 0.6) is 0 Å². The summed E-state index contributed by atoms with van der Waals surface area (Å²) in [7, 11) is 0. The molecule has 3 N–H and O–H groups in total. The van der Waals surface area contributed by atoms with Gasteiger partial charge in [-0.25, -0.2) is 4.98 Å². The van der Waals surface area contributed by atoms with Crippen LogP contribution in [0.25, 0.3) is 0 Å². The van der Waals surface area contributed by atoms with Crippen molar-refractivity contribution in [3.63, 3.8) is 0 Å². The highest BCUT2D eigenvalue weighted by atomic mass is 35.5. The van der Waals surface area contributed by atoms with Crippen molar-refractivity contribution >= 4 is 23.2 Å². The molecule has 1 heterocycles. The largest absolute Gasteiger partial charge is 0.348 e. The normalized spacial score (nSPS) is 12.7. The Kier molecular flexibility index (Phi) is 3.49. The van der Waals surface area contributed by atoms with Crippen molar-refractivity contribution in [2.24, 2.45) is 5.73 Å². The van der Waals surface area contributed by atoms with Gasteiger partial charge in [0.1, 0.15) is 0 Å². The van der Waals surface area contributed by atoms with Crippen LogP contribution in [-0.4, -0.2) is 9.97 Å². The molecular formula is C11H11Cl2N3. The van der Waals surface area contributed by atoms with Gasteiger partial charge in [0.2, 0.25) is 0 Å². The first kappa shape index (κ1) is 11.5. The summed E-state index contributed by atoms with van der Waals surface area (Å²) in [5.41, 5.74) is 7.97. The number of H-pyrrole nitrogens is 1. The van der Waals surface area contributed by atoms with Crippen molar-refractivity contribution in [3.05, 3.63) is 52.0 Å². The molecule has 1 aromatic heterocycles. The predicted molar refractivity (Wildman–Crippen MR) is 65.7 cm³/mol. The molecule has 1 aromatic carbocycles. The quantitative estimate of drug-likeness (QED) is 0.886. The highest BCUT2D eigenvalue weighted by molar-refractivity contribution is 6.34. The lowest BCUT2D eigenvalue weighted by Gasteiger charge is -2.11. The van der Waals surface area contributed by atoms with Crippen molar-refractivity contribution in [2.75, 3.05) is 0 Å². The Labute approximate surface area is 104 Å². The lowest BCUT2D eigenvalue weighted by molar-refractivity contribution is 0.710. The van der Waals surface area contributed by atoms with Gasteiger partial charge in [0, 0.05) is 34.4 Å². The molecular weight excluding hydrogens is 245 g/mol. The third-order valence-corrected chi connectivity index (χ3v) is 2.74. The molecule has 0 saturated heterocycles. The van der Waals surface area contributed by atoms with Crippen molar-refractivity contribution < 1.29 is 0 Å². The molecule has 3 nitrogen and oxygen atoms in total. The fraction of sp³-hybridized carbons (Fsp3) is 0.182. The van der Waals surface area contributed by atoms with E-state index in [2.05, 4.69) is 9.97 Å². The summed E-state index contributed by atoms with van der Waals surface area (Å²) in [4.78, 5) is 6.95. The maximum Gasteiger partial charge on any atom is 0.0921 e. The van der Waals surface area contributed by atoms with E-state index in [1.165, 1.54) is 0 Å². The first-order valence-corrected chi connectivity index (χ1v) is 5.59. The van der Waals surface area contributed by atoms with E-state index in [9.17, 15) is 0 Å². The van der Waals surface area contributed by atoms with E-state index in [-0.39, 0.29) is 6.04 Å². The van der Waals surface area contributed by atoms with Gasteiger partial charge in [0.25, 0.3) is 0 Å². The second-order valence-corrected chi connectivity index (χ2v) is 4.46. The standard InChI is InChI=1S/C11H11Cl2N3/c12-8-1-7(2-9(13)3-8)11(14)4-10-5-15-6-16-10/h1-3,5-6,11H,4,14H2,(H,15,16). The molecule has 84 valence electrons. The Balaban J connectivity index is 2.17. The summed E-state index contributed by atoms with van der Waals surface area (Å²) in [6.07, 6.45) is 4.07. The maximum atomic E-state index is 6.06. The fourth-order valence-electron chi connectivity index (χ4n) is 1.54. The number of nitrogens with two attached hydrogens (primary N) is 1. The van der Waals surface area contributed by atoms with E-state index in [4.69, 9.17) is 28.9 Å². The van der Waals surface area contributed by atoms with E-state index in [1.807, 2.05) is 12.1 Å². The molecule has 5 heteroatoms. The molecule has 0 aliphatic carbocycles. The Morgan fingerprint density at radius 2 is 1.94 bits per heavy atom. The molecule has 0 aliphatic rings. The smallest absolute Gasteiger partial charge is 0.0921 e. The lowest BCUT2D eigenvalue weighted by atomic mass is 10.0. The third-order valence-electron chi connectivity index (χ3n) is 2.31. The second-order valence-electron chi connectivity index (χ2n) is 3.59. The minimum absolute atomic E-state index is 0.142. The van der Waals surface area contributed by atoms with Crippen LogP contribution < -0.4 is 5.73 Å². The highest BCUT2D eigenvalue weighted by Crippen LogP contribution is 2.23. The van der Waals surface area contributed by atoms with Gasteiger partial charge < -0.3 is 10.7 Å². The van der Waals surface area contributed by atoms with Crippen molar-refractivity contribution in [2.45, 2.75) is 12.5 Å². The van der Waals surface area contributed by atoms with E-state index < -0.39 is 0 Å². The lowest BCUT2D eigenvalue weighted by Crippen LogP contribution is -2.13. The Morgan fingerprint density at radius 3 is 2.50 bits per heavy atom. The van der Waals surface area contributed by atoms with Crippen molar-refractivity contribution in [3.8, 4) is 0 Å². The number of hydrogen-bond donors (Lipinski definition) is 2. The first-order valence-electron chi connectivity index (χ1n) is 4.84. The van der Waals surface area contributed by atoms with Crippen LogP contribution in [-0.2, 0) is 6.42 Å². The van der Waals surface area contributed by atoms with Gasteiger partial charge in [0.15, 0.2) is 0 Å². The summed E-state index contributed by atoms with van der Waals surface area (Å²) in [6.45, 7) is 0.